The molecule has 0 unspecified atom stereocenters. The number of hydrogen-bond donors (Lipinski definition) is 1. The predicted molar refractivity (Wildman–Crippen MR) is 81.7 cm³/mol. The Morgan fingerprint density at radius 1 is 1.20 bits per heavy atom. The van der Waals surface area contributed by atoms with Gasteiger partial charge in [0.25, 0.3) is 0 Å². The second-order valence-electron chi connectivity index (χ2n) is 4.61. The van der Waals surface area contributed by atoms with Crippen molar-refractivity contribution >= 4 is 0 Å². The van der Waals surface area contributed by atoms with Crippen LogP contribution in [0.1, 0.15) is 16.8 Å². The Morgan fingerprint density at radius 3 is 2.70 bits per heavy atom. The lowest BCUT2D eigenvalue weighted by Crippen LogP contribution is -2.14. The highest BCUT2D eigenvalue weighted by atomic mass is 16.5. The minimum Gasteiger partial charge on any atom is -0.490 e. The second kappa shape index (κ2) is 7.46. The highest BCUT2D eigenvalue weighted by Gasteiger charge is 1.99. The van der Waals surface area contributed by atoms with E-state index in [-0.39, 0.29) is 0 Å². The van der Waals surface area contributed by atoms with Gasteiger partial charge < -0.3 is 10.1 Å². The first-order chi connectivity index (χ1) is 9.79. The molecular formula is C17H20N2O. The largest absolute Gasteiger partial charge is 0.490 e. The molecule has 3 nitrogen and oxygen atoms in total. The molecule has 0 atom stereocenters. The molecule has 0 aliphatic carbocycles. The summed E-state index contributed by atoms with van der Waals surface area (Å²) < 4.78 is 5.45. The molecule has 0 spiro atoms. The molecule has 0 amide bonds. The maximum atomic E-state index is 5.45. The van der Waals surface area contributed by atoms with E-state index in [1.165, 1.54) is 11.1 Å². The van der Waals surface area contributed by atoms with E-state index in [9.17, 15) is 0 Å². The average molecular weight is 268 g/mol. The standard InChI is InChI=1S/C17H20N2O/c1-3-11-20-16-8-6-15(7-9-16)12-18-13-17-14(2)5-4-10-19-17/h3-10,18H,1,11-13H2,2H3. The van der Waals surface area contributed by atoms with Crippen molar-refractivity contribution in [3.05, 3.63) is 72.1 Å². The van der Waals surface area contributed by atoms with Gasteiger partial charge in [0.05, 0.1) is 5.69 Å². The van der Waals surface area contributed by atoms with Crippen LogP contribution in [0.4, 0.5) is 0 Å². The molecule has 1 aromatic heterocycles. The van der Waals surface area contributed by atoms with Crippen molar-refractivity contribution in [1.29, 1.82) is 0 Å². The molecule has 1 heterocycles. The lowest BCUT2D eigenvalue weighted by Gasteiger charge is -2.08. The lowest BCUT2D eigenvalue weighted by molar-refractivity contribution is 0.363. The third-order valence-electron chi connectivity index (χ3n) is 3.03. The zero-order valence-corrected chi connectivity index (χ0v) is 11.8. The van der Waals surface area contributed by atoms with Crippen LogP contribution in [-0.2, 0) is 13.1 Å². The normalized spacial score (nSPS) is 10.2. The first kappa shape index (κ1) is 14.3. The number of aryl methyl sites for hydroxylation is 1. The Hall–Kier alpha value is -2.13. The van der Waals surface area contributed by atoms with Crippen molar-refractivity contribution in [2.45, 2.75) is 20.0 Å². The van der Waals surface area contributed by atoms with Crippen molar-refractivity contribution in [1.82, 2.24) is 10.3 Å². The fourth-order valence-corrected chi connectivity index (χ4v) is 1.89. The molecule has 0 saturated carbocycles. The van der Waals surface area contributed by atoms with E-state index < -0.39 is 0 Å². The van der Waals surface area contributed by atoms with Gasteiger partial charge in [-0.2, -0.15) is 0 Å². The second-order valence-corrected chi connectivity index (χ2v) is 4.61. The van der Waals surface area contributed by atoms with Gasteiger partial charge in [-0.15, -0.1) is 0 Å². The molecule has 3 heteroatoms. The van der Waals surface area contributed by atoms with Gasteiger partial charge in [0.15, 0.2) is 0 Å². The van der Waals surface area contributed by atoms with E-state index in [4.69, 9.17) is 4.74 Å². The van der Waals surface area contributed by atoms with Gasteiger partial charge in [0.2, 0.25) is 0 Å². The van der Waals surface area contributed by atoms with Gasteiger partial charge in [-0.3, -0.25) is 4.98 Å². The summed E-state index contributed by atoms with van der Waals surface area (Å²) in [6, 6.07) is 12.1. The number of ether oxygens (including phenoxy) is 1. The Balaban J connectivity index is 1.82. The van der Waals surface area contributed by atoms with Gasteiger partial charge in [-0.25, -0.2) is 0 Å². The molecule has 1 aromatic carbocycles. The summed E-state index contributed by atoms with van der Waals surface area (Å²) in [5.41, 5.74) is 3.54. The van der Waals surface area contributed by atoms with Crippen LogP contribution in [0, 0.1) is 6.92 Å². The summed E-state index contributed by atoms with van der Waals surface area (Å²) in [6.07, 6.45) is 3.57. The van der Waals surface area contributed by atoms with E-state index in [0.29, 0.717) is 6.61 Å². The number of benzene rings is 1. The topological polar surface area (TPSA) is 34.1 Å². The van der Waals surface area contributed by atoms with Gasteiger partial charge in [0.1, 0.15) is 12.4 Å². The fourth-order valence-electron chi connectivity index (χ4n) is 1.89. The molecule has 104 valence electrons. The molecule has 0 radical (unpaired) electrons. The van der Waals surface area contributed by atoms with E-state index in [1.807, 2.05) is 24.4 Å². The third-order valence-corrected chi connectivity index (χ3v) is 3.03. The van der Waals surface area contributed by atoms with E-state index in [0.717, 1.165) is 24.5 Å². The minimum absolute atomic E-state index is 0.538. The SMILES string of the molecule is C=CCOc1ccc(CNCc2ncccc2C)cc1. The number of rotatable bonds is 7. The van der Waals surface area contributed by atoms with Crippen LogP contribution in [0.2, 0.25) is 0 Å². The molecular weight excluding hydrogens is 248 g/mol. The molecule has 20 heavy (non-hydrogen) atoms. The fraction of sp³-hybridized carbons (Fsp3) is 0.235. The Kier molecular flexibility index (Phi) is 5.33. The number of nitrogens with zero attached hydrogens (tertiary/aromatic N) is 1. The lowest BCUT2D eigenvalue weighted by atomic mass is 10.2. The van der Waals surface area contributed by atoms with Gasteiger partial charge in [-0.05, 0) is 36.2 Å². The Morgan fingerprint density at radius 2 is 2.00 bits per heavy atom. The van der Waals surface area contributed by atoms with Crippen LogP contribution in [0.25, 0.3) is 0 Å². The minimum atomic E-state index is 0.538. The number of pyridine rings is 1. The molecule has 1 N–H and O–H groups in total. The highest BCUT2D eigenvalue weighted by molar-refractivity contribution is 5.27. The summed E-state index contributed by atoms with van der Waals surface area (Å²) in [5, 5.41) is 3.40. The molecule has 0 saturated heterocycles. The molecule has 2 rings (SSSR count). The maximum absolute atomic E-state index is 5.45. The van der Waals surface area contributed by atoms with Gasteiger partial charge >= 0.3 is 0 Å². The van der Waals surface area contributed by atoms with Crippen LogP contribution >= 0.6 is 0 Å². The van der Waals surface area contributed by atoms with Crippen LogP contribution in [-0.4, -0.2) is 11.6 Å². The summed E-state index contributed by atoms with van der Waals surface area (Å²) in [4.78, 5) is 4.37. The molecule has 0 aliphatic heterocycles. The predicted octanol–water partition coefficient (Wildman–Crippen LogP) is 3.24. The number of nitrogens with one attached hydrogen (secondary N) is 1. The van der Waals surface area contributed by atoms with Crippen molar-refractivity contribution < 1.29 is 4.74 Å². The first-order valence-electron chi connectivity index (χ1n) is 6.73. The zero-order valence-electron chi connectivity index (χ0n) is 11.8. The van der Waals surface area contributed by atoms with Crippen molar-refractivity contribution in [3.8, 4) is 5.75 Å². The smallest absolute Gasteiger partial charge is 0.119 e. The summed E-state index contributed by atoms with van der Waals surface area (Å²) in [7, 11) is 0. The molecule has 0 fully saturated rings. The summed E-state index contributed by atoms with van der Waals surface area (Å²) in [6.45, 7) is 7.84. The third kappa shape index (κ3) is 4.21. The van der Waals surface area contributed by atoms with Crippen LogP contribution < -0.4 is 10.1 Å². The van der Waals surface area contributed by atoms with Crippen LogP contribution in [0.5, 0.6) is 5.75 Å². The maximum Gasteiger partial charge on any atom is 0.119 e. The monoisotopic (exact) mass is 268 g/mol. The molecule has 0 bridgehead atoms. The summed E-state index contributed by atoms with van der Waals surface area (Å²) in [5.74, 6) is 0.870. The average Bonchev–Trinajstić information content (AvgIpc) is 2.48. The summed E-state index contributed by atoms with van der Waals surface area (Å²) >= 11 is 0. The van der Waals surface area contributed by atoms with Crippen molar-refractivity contribution in [2.75, 3.05) is 6.61 Å². The highest BCUT2D eigenvalue weighted by Crippen LogP contribution is 2.12. The Bertz CT molecular complexity index is 549. The van der Waals surface area contributed by atoms with Gasteiger partial charge in [-0.1, -0.05) is 30.9 Å². The van der Waals surface area contributed by atoms with E-state index in [1.54, 1.807) is 6.08 Å². The first-order valence-corrected chi connectivity index (χ1v) is 6.73. The Labute approximate surface area is 120 Å². The number of hydrogen-bond acceptors (Lipinski definition) is 3. The zero-order chi connectivity index (χ0) is 14.2. The quantitative estimate of drug-likeness (QED) is 0.783. The molecule has 2 aromatic rings. The van der Waals surface area contributed by atoms with Crippen molar-refractivity contribution in [2.24, 2.45) is 0 Å². The van der Waals surface area contributed by atoms with Gasteiger partial charge in [0, 0.05) is 19.3 Å². The number of aromatic nitrogens is 1. The van der Waals surface area contributed by atoms with Crippen LogP contribution in [0.15, 0.2) is 55.3 Å². The van der Waals surface area contributed by atoms with E-state index in [2.05, 4.69) is 42.0 Å². The van der Waals surface area contributed by atoms with Crippen LogP contribution in [0.3, 0.4) is 0 Å². The van der Waals surface area contributed by atoms with E-state index >= 15 is 0 Å². The molecule has 0 aliphatic rings. The van der Waals surface area contributed by atoms with Crippen molar-refractivity contribution in [3.63, 3.8) is 0 Å².